The molecule has 4 heteroatoms. The summed E-state index contributed by atoms with van der Waals surface area (Å²) in [5, 5.41) is 0. The number of nitrogens with two attached hydrogens (primary N) is 1. The first kappa shape index (κ1) is 15.8. The van der Waals surface area contributed by atoms with Crippen molar-refractivity contribution in [3.63, 3.8) is 0 Å². The Balaban J connectivity index is 0.00000180. The molecule has 1 saturated carbocycles. The summed E-state index contributed by atoms with van der Waals surface area (Å²) in [6.07, 6.45) is 4.73. The van der Waals surface area contributed by atoms with Gasteiger partial charge in [0.1, 0.15) is 0 Å². The van der Waals surface area contributed by atoms with Crippen molar-refractivity contribution in [3.8, 4) is 0 Å². The number of halogens is 1. The number of nitrogen functional groups attached to an aromatic ring is 1. The Kier molecular flexibility index (Phi) is 5.67. The van der Waals surface area contributed by atoms with E-state index >= 15 is 0 Å². The van der Waals surface area contributed by atoms with Gasteiger partial charge in [0.15, 0.2) is 0 Å². The second-order valence-electron chi connectivity index (χ2n) is 5.37. The number of anilines is 1. The van der Waals surface area contributed by atoms with E-state index in [9.17, 15) is 4.79 Å². The maximum atomic E-state index is 12.6. The Labute approximate surface area is 121 Å². The van der Waals surface area contributed by atoms with E-state index in [0.29, 0.717) is 17.3 Å². The second-order valence-corrected chi connectivity index (χ2v) is 5.37. The van der Waals surface area contributed by atoms with Crippen LogP contribution in [0.2, 0.25) is 0 Å². The maximum Gasteiger partial charge on any atom is 0.254 e. The number of rotatable bonds is 3. The van der Waals surface area contributed by atoms with E-state index in [2.05, 4.69) is 13.8 Å². The van der Waals surface area contributed by atoms with Crippen LogP contribution in [-0.4, -0.2) is 22.9 Å². The third-order valence-electron chi connectivity index (χ3n) is 3.64. The van der Waals surface area contributed by atoms with Gasteiger partial charge in [-0.1, -0.05) is 18.9 Å². The number of hydrogen-bond donors (Lipinski definition) is 1. The van der Waals surface area contributed by atoms with Crippen molar-refractivity contribution < 1.29 is 4.79 Å². The largest absolute Gasteiger partial charge is 0.399 e. The summed E-state index contributed by atoms with van der Waals surface area (Å²) in [7, 11) is 0. The van der Waals surface area contributed by atoms with Gasteiger partial charge in [-0.15, -0.1) is 12.4 Å². The number of carbonyl (C=O) groups excluding carboxylic acids is 1. The van der Waals surface area contributed by atoms with Crippen LogP contribution in [-0.2, 0) is 0 Å². The van der Waals surface area contributed by atoms with E-state index in [1.165, 1.54) is 12.8 Å². The lowest BCUT2D eigenvalue weighted by atomic mass is 10.1. The molecule has 106 valence electrons. The standard InChI is InChI=1S/C15H22N2O.ClH/c1-11(2)17(14-8-3-4-9-14)15(18)12-6-5-7-13(16)10-12;/h5-7,10-11,14H,3-4,8-9,16H2,1-2H3;1H. The summed E-state index contributed by atoms with van der Waals surface area (Å²) in [4.78, 5) is 14.6. The smallest absolute Gasteiger partial charge is 0.254 e. The molecule has 0 unspecified atom stereocenters. The summed E-state index contributed by atoms with van der Waals surface area (Å²) < 4.78 is 0. The summed E-state index contributed by atoms with van der Waals surface area (Å²) in [5.41, 5.74) is 7.11. The van der Waals surface area contributed by atoms with Crippen molar-refractivity contribution >= 4 is 24.0 Å². The van der Waals surface area contributed by atoms with Crippen LogP contribution in [0, 0.1) is 0 Å². The van der Waals surface area contributed by atoms with Crippen molar-refractivity contribution in [2.24, 2.45) is 0 Å². The Morgan fingerprint density at radius 3 is 2.47 bits per heavy atom. The predicted molar refractivity (Wildman–Crippen MR) is 81.7 cm³/mol. The van der Waals surface area contributed by atoms with Gasteiger partial charge in [0.25, 0.3) is 5.91 Å². The predicted octanol–water partition coefficient (Wildman–Crippen LogP) is 3.48. The summed E-state index contributed by atoms with van der Waals surface area (Å²) in [5.74, 6) is 0.115. The van der Waals surface area contributed by atoms with Gasteiger partial charge in [0, 0.05) is 23.3 Å². The Bertz CT molecular complexity index is 428. The molecule has 0 radical (unpaired) electrons. The molecule has 0 atom stereocenters. The van der Waals surface area contributed by atoms with Crippen LogP contribution in [0.15, 0.2) is 24.3 Å². The zero-order valence-corrected chi connectivity index (χ0v) is 12.5. The van der Waals surface area contributed by atoms with E-state index in [-0.39, 0.29) is 24.4 Å². The Hall–Kier alpha value is -1.22. The zero-order valence-electron chi connectivity index (χ0n) is 11.6. The molecule has 0 heterocycles. The zero-order chi connectivity index (χ0) is 13.1. The van der Waals surface area contributed by atoms with Gasteiger partial charge in [-0.3, -0.25) is 4.79 Å². The lowest BCUT2D eigenvalue weighted by molar-refractivity contribution is 0.0613. The Morgan fingerprint density at radius 2 is 1.95 bits per heavy atom. The molecule has 0 saturated heterocycles. The molecule has 0 bridgehead atoms. The highest BCUT2D eigenvalue weighted by Crippen LogP contribution is 2.26. The highest BCUT2D eigenvalue weighted by Gasteiger charge is 2.29. The van der Waals surface area contributed by atoms with E-state index in [1.54, 1.807) is 6.07 Å². The minimum atomic E-state index is 0. The van der Waals surface area contributed by atoms with Crippen molar-refractivity contribution in [1.82, 2.24) is 4.90 Å². The van der Waals surface area contributed by atoms with Gasteiger partial charge in [-0.25, -0.2) is 0 Å². The molecular weight excluding hydrogens is 260 g/mol. The molecule has 2 rings (SSSR count). The minimum Gasteiger partial charge on any atom is -0.399 e. The Morgan fingerprint density at radius 1 is 1.32 bits per heavy atom. The number of benzene rings is 1. The van der Waals surface area contributed by atoms with Crippen LogP contribution >= 0.6 is 12.4 Å². The topological polar surface area (TPSA) is 46.3 Å². The summed E-state index contributed by atoms with van der Waals surface area (Å²) in [6.45, 7) is 4.17. The normalized spacial score (nSPS) is 15.3. The highest BCUT2D eigenvalue weighted by atomic mass is 35.5. The van der Waals surface area contributed by atoms with Gasteiger partial charge in [0.05, 0.1) is 0 Å². The van der Waals surface area contributed by atoms with Crippen LogP contribution in [0.1, 0.15) is 49.9 Å². The molecule has 1 aromatic rings. The molecule has 1 amide bonds. The lowest BCUT2D eigenvalue weighted by Gasteiger charge is -2.33. The average molecular weight is 283 g/mol. The maximum absolute atomic E-state index is 12.6. The molecule has 3 nitrogen and oxygen atoms in total. The average Bonchev–Trinajstić information content (AvgIpc) is 2.82. The van der Waals surface area contributed by atoms with Gasteiger partial charge >= 0.3 is 0 Å². The fourth-order valence-corrected chi connectivity index (χ4v) is 2.83. The van der Waals surface area contributed by atoms with Crippen molar-refractivity contribution in [3.05, 3.63) is 29.8 Å². The van der Waals surface area contributed by atoms with Crippen LogP contribution in [0.25, 0.3) is 0 Å². The van der Waals surface area contributed by atoms with Crippen molar-refractivity contribution in [1.29, 1.82) is 0 Å². The molecule has 1 aliphatic rings. The van der Waals surface area contributed by atoms with E-state index < -0.39 is 0 Å². The first-order chi connectivity index (χ1) is 8.59. The fraction of sp³-hybridized carbons (Fsp3) is 0.533. The summed E-state index contributed by atoms with van der Waals surface area (Å²) in [6, 6.07) is 7.92. The molecule has 1 aliphatic carbocycles. The van der Waals surface area contributed by atoms with Gasteiger partial charge in [-0.05, 0) is 44.9 Å². The SMILES string of the molecule is CC(C)N(C(=O)c1cccc(N)c1)C1CCCC1.Cl. The van der Waals surface area contributed by atoms with E-state index in [4.69, 9.17) is 5.73 Å². The highest BCUT2D eigenvalue weighted by molar-refractivity contribution is 5.95. The molecular formula is C15H23ClN2O. The second kappa shape index (κ2) is 6.80. The third-order valence-corrected chi connectivity index (χ3v) is 3.64. The first-order valence-electron chi connectivity index (χ1n) is 6.78. The minimum absolute atomic E-state index is 0. The number of amides is 1. The van der Waals surface area contributed by atoms with E-state index in [1.807, 2.05) is 23.1 Å². The van der Waals surface area contributed by atoms with Gasteiger partial charge in [0.2, 0.25) is 0 Å². The molecule has 0 spiro atoms. The van der Waals surface area contributed by atoms with Crippen molar-refractivity contribution in [2.75, 3.05) is 5.73 Å². The molecule has 1 aromatic carbocycles. The molecule has 0 aliphatic heterocycles. The van der Waals surface area contributed by atoms with Crippen LogP contribution in [0.5, 0.6) is 0 Å². The lowest BCUT2D eigenvalue weighted by Crippen LogP contribution is -2.43. The quantitative estimate of drug-likeness (QED) is 0.863. The monoisotopic (exact) mass is 282 g/mol. The van der Waals surface area contributed by atoms with Gasteiger partial charge < -0.3 is 10.6 Å². The molecule has 2 N–H and O–H groups in total. The number of hydrogen-bond acceptors (Lipinski definition) is 2. The molecule has 0 aromatic heterocycles. The summed E-state index contributed by atoms with van der Waals surface area (Å²) >= 11 is 0. The number of carbonyl (C=O) groups is 1. The molecule has 1 fully saturated rings. The number of nitrogens with zero attached hydrogens (tertiary/aromatic N) is 1. The molecule has 19 heavy (non-hydrogen) atoms. The van der Waals surface area contributed by atoms with E-state index in [0.717, 1.165) is 12.8 Å². The van der Waals surface area contributed by atoms with Crippen LogP contribution in [0.4, 0.5) is 5.69 Å². The van der Waals surface area contributed by atoms with Crippen molar-refractivity contribution in [2.45, 2.75) is 51.6 Å². The van der Waals surface area contributed by atoms with Gasteiger partial charge in [-0.2, -0.15) is 0 Å². The first-order valence-corrected chi connectivity index (χ1v) is 6.78. The van der Waals surface area contributed by atoms with Crippen LogP contribution in [0.3, 0.4) is 0 Å². The van der Waals surface area contributed by atoms with Crippen LogP contribution < -0.4 is 5.73 Å². The fourth-order valence-electron chi connectivity index (χ4n) is 2.83. The third kappa shape index (κ3) is 3.63.